The molecule has 0 bridgehead atoms. The standard InChI is InChI=1S/C16H21N3O2/c1-4-13(17)8-12-9-18-16(19-10-12)21-14-6-5-11(2)7-15(14)20-3/h5-7,9-10,13H,4,8,17H2,1-3H3. The third-order valence-electron chi connectivity index (χ3n) is 3.22. The second kappa shape index (κ2) is 7.04. The summed E-state index contributed by atoms with van der Waals surface area (Å²) in [7, 11) is 1.61. The van der Waals surface area contributed by atoms with Crippen molar-refractivity contribution in [2.75, 3.05) is 7.11 Å². The lowest BCUT2D eigenvalue weighted by Gasteiger charge is -2.10. The second-order valence-electron chi connectivity index (χ2n) is 5.00. The summed E-state index contributed by atoms with van der Waals surface area (Å²) >= 11 is 0. The molecule has 2 aromatic rings. The van der Waals surface area contributed by atoms with Crippen molar-refractivity contribution < 1.29 is 9.47 Å². The summed E-state index contributed by atoms with van der Waals surface area (Å²) < 4.78 is 11.0. The third kappa shape index (κ3) is 4.16. The zero-order valence-corrected chi connectivity index (χ0v) is 12.7. The number of hydrogen-bond donors (Lipinski definition) is 1. The van der Waals surface area contributed by atoms with Crippen molar-refractivity contribution in [1.82, 2.24) is 9.97 Å². The second-order valence-corrected chi connectivity index (χ2v) is 5.00. The van der Waals surface area contributed by atoms with E-state index in [1.807, 2.05) is 25.1 Å². The molecule has 2 N–H and O–H groups in total. The van der Waals surface area contributed by atoms with Gasteiger partial charge in [-0.15, -0.1) is 0 Å². The maximum Gasteiger partial charge on any atom is 0.322 e. The Labute approximate surface area is 125 Å². The van der Waals surface area contributed by atoms with E-state index in [2.05, 4.69) is 16.9 Å². The minimum Gasteiger partial charge on any atom is -0.493 e. The minimum absolute atomic E-state index is 0.137. The van der Waals surface area contributed by atoms with Crippen molar-refractivity contribution in [3.8, 4) is 17.5 Å². The van der Waals surface area contributed by atoms with Crippen molar-refractivity contribution in [1.29, 1.82) is 0 Å². The fourth-order valence-corrected chi connectivity index (χ4v) is 1.91. The smallest absolute Gasteiger partial charge is 0.322 e. The molecular weight excluding hydrogens is 266 g/mol. The van der Waals surface area contributed by atoms with Gasteiger partial charge in [0, 0.05) is 18.4 Å². The number of aromatic nitrogens is 2. The van der Waals surface area contributed by atoms with E-state index in [1.165, 1.54) is 0 Å². The molecule has 112 valence electrons. The molecule has 0 aliphatic carbocycles. The molecular formula is C16H21N3O2. The van der Waals surface area contributed by atoms with Gasteiger partial charge in [-0.05, 0) is 43.0 Å². The summed E-state index contributed by atoms with van der Waals surface area (Å²) in [5.74, 6) is 1.26. The first-order chi connectivity index (χ1) is 10.1. The number of methoxy groups -OCH3 is 1. The lowest BCUT2D eigenvalue weighted by Crippen LogP contribution is -2.21. The van der Waals surface area contributed by atoms with Gasteiger partial charge in [-0.2, -0.15) is 0 Å². The van der Waals surface area contributed by atoms with Gasteiger partial charge in [0.1, 0.15) is 0 Å². The zero-order valence-electron chi connectivity index (χ0n) is 12.7. The van der Waals surface area contributed by atoms with Crippen LogP contribution in [0, 0.1) is 6.92 Å². The van der Waals surface area contributed by atoms with Crippen molar-refractivity contribution in [3.63, 3.8) is 0 Å². The molecule has 2 rings (SSSR count). The first-order valence-corrected chi connectivity index (χ1v) is 7.01. The number of rotatable bonds is 6. The predicted octanol–water partition coefficient (Wildman–Crippen LogP) is 2.87. The molecule has 0 saturated heterocycles. The number of nitrogens with zero attached hydrogens (tertiary/aromatic N) is 2. The highest BCUT2D eigenvalue weighted by Gasteiger charge is 2.08. The van der Waals surface area contributed by atoms with E-state index in [4.69, 9.17) is 15.2 Å². The van der Waals surface area contributed by atoms with Crippen LogP contribution in [-0.4, -0.2) is 23.1 Å². The van der Waals surface area contributed by atoms with Crippen LogP contribution in [0.2, 0.25) is 0 Å². The van der Waals surface area contributed by atoms with E-state index in [9.17, 15) is 0 Å². The molecule has 1 heterocycles. The highest BCUT2D eigenvalue weighted by molar-refractivity contribution is 5.43. The average Bonchev–Trinajstić information content (AvgIpc) is 2.50. The summed E-state index contributed by atoms with van der Waals surface area (Å²) in [4.78, 5) is 8.43. The van der Waals surface area contributed by atoms with Crippen molar-refractivity contribution >= 4 is 0 Å². The number of ether oxygens (including phenoxy) is 2. The summed E-state index contributed by atoms with van der Waals surface area (Å²) in [5, 5.41) is 0. The lowest BCUT2D eigenvalue weighted by molar-refractivity contribution is 0.367. The van der Waals surface area contributed by atoms with E-state index >= 15 is 0 Å². The molecule has 1 aromatic heterocycles. The van der Waals surface area contributed by atoms with Crippen LogP contribution in [0.1, 0.15) is 24.5 Å². The fraction of sp³-hybridized carbons (Fsp3) is 0.375. The van der Waals surface area contributed by atoms with Crippen LogP contribution in [0.15, 0.2) is 30.6 Å². The molecule has 0 aliphatic heterocycles. The van der Waals surface area contributed by atoms with Gasteiger partial charge in [0.25, 0.3) is 0 Å². The molecule has 1 atom stereocenters. The van der Waals surface area contributed by atoms with Crippen LogP contribution < -0.4 is 15.2 Å². The van der Waals surface area contributed by atoms with Gasteiger partial charge in [0.05, 0.1) is 7.11 Å². The maximum absolute atomic E-state index is 5.92. The highest BCUT2D eigenvalue weighted by atomic mass is 16.5. The SMILES string of the molecule is CCC(N)Cc1cnc(Oc2ccc(C)cc2OC)nc1. The summed E-state index contributed by atoms with van der Waals surface area (Å²) in [6.45, 7) is 4.06. The largest absolute Gasteiger partial charge is 0.493 e. The van der Waals surface area contributed by atoms with Gasteiger partial charge < -0.3 is 15.2 Å². The van der Waals surface area contributed by atoms with E-state index in [0.29, 0.717) is 17.5 Å². The number of nitrogens with two attached hydrogens (primary N) is 1. The third-order valence-corrected chi connectivity index (χ3v) is 3.22. The predicted molar refractivity (Wildman–Crippen MR) is 81.8 cm³/mol. The zero-order chi connectivity index (χ0) is 15.2. The topological polar surface area (TPSA) is 70.3 Å². The first-order valence-electron chi connectivity index (χ1n) is 7.01. The van der Waals surface area contributed by atoms with Crippen LogP contribution in [-0.2, 0) is 6.42 Å². The van der Waals surface area contributed by atoms with Crippen molar-refractivity contribution in [2.24, 2.45) is 5.73 Å². The molecule has 0 aliphatic rings. The van der Waals surface area contributed by atoms with Gasteiger partial charge >= 0.3 is 6.01 Å². The number of hydrogen-bond acceptors (Lipinski definition) is 5. The van der Waals surface area contributed by atoms with Gasteiger partial charge in [-0.25, -0.2) is 9.97 Å². The number of benzene rings is 1. The first kappa shape index (κ1) is 15.3. The fourth-order valence-electron chi connectivity index (χ4n) is 1.91. The van der Waals surface area contributed by atoms with Crippen molar-refractivity contribution in [3.05, 3.63) is 41.7 Å². The van der Waals surface area contributed by atoms with Gasteiger partial charge in [0.15, 0.2) is 11.5 Å². The summed E-state index contributed by atoms with van der Waals surface area (Å²) in [6.07, 6.45) is 5.19. The molecule has 0 fully saturated rings. The lowest BCUT2D eigenvalue weighted by atomic mass is 10.1. The van der Waals surface area contributed by atoms with E-state index in [0.717, 1.165) is 24.0 Å². The molecule has 0 spiro atoms. The van der Waals surface area contributed by atoms with Crippen LogP contribution in [0.4, 0.5) is 0 Å². The van der Waals surface area contributed by atoms with E-state index < -0.39 is 0 Å². The Morgan fingerprint density at radius 3 is 2.52 bits per heavy atom. The average molecular weight is 287 g/mol. The Kier molecular flexibility index (Phi) is 5.11. The van der Waals surface area contributed by atoms with Crippen molar-refractivity contribution in [2.45, 2.75) is 32.7 Å². The summed E-state index contributed by atoms with van der Waals surface area (Å²) in [5.41, 5.74) is 8.02. The Morgan fingerprint density at radius 2 is 1.90 bits per heavy atom. The maximum atomic E-state index is 5.92. The number of aryl methyl sites for hydroxylation is 1. The Bertz CT molecular complexity index is 585. The molecule has 0 saturated carbocycles. The van der Waals surface area contributed by atoms with Crippen LogP contribution >= 0.6 is 0 Å². The molecule has 1 unspecified atom stereocenters. The molecule has 0 amide bonds. The molecule has 5 heteroatoms. The summed E-state index contributed by atoms with van der Waals surface area (Å²) in [6, 6.07) is 6.14. The monoisotopic (exact) mass is 287 g/mol. The Balaban J connectivity index is 2.10. The van der Waals surface area contributed by atoms with E-state index in [1.54, 1.807) is 19.5 Å². The van der Waals surface area contributed by atoms with E-state index in [-0.39, 0.29) is 6.04 Å². The van der Waals surface area contributed by atoms with Crippen LogP contribution in [0.5, 0.6) is 17.5 Å². The van der Waals surface area contributed by atoms with Gasteiger partial charge in [-0.3, -0.25) is 0 Å². The Morgan fingerprint density at radius 1 is 1.19 bits per heavy atom. The van der Waals surface area contributed by atoms with Gasteiger partial charge in [-0.1, -0.05) is 13.0 Å². The highest BCUT2D eigenvalue weighted by Crippen LogP contribution is 2.30. The Hall–Kier alpha value is -2.14. The molecule has 0 radical (unpaired) electrons. The van der Waals surface area contributed by atoms with Gasteiger partial charge in [0.2, 0.25) is 0 Å². The minimum atomic E-state index is 0.137. The molecule has 1 aromatic carbocycles. The quantitative estimate of drug-likeness (QED) is 0.884. The molecule has 5 nitrogen and oxygen atoms in total. The normalized spacial score (nSPS) is 12.0. The van der Waals surface area contributed by atoms with Crippen LogP contribution in [0.25, 0.3) is 0 Å². The van der Waals surface area contributed by atoms with Crippen LogP contribution in [0.3, 0.4) is 0 Å². The molecule has 21 heavy (non-hydrogen) atoms.